The largest absolute Gasteiger partial charge is 0.384 e. The van der Waals surface area contributed by atoms with E-state index in [4.69, 9.17) is 4.98 Å². The quantitative estimate of drug-likeness (QED) is 0.540. The van der Waals surface area contributed by atoms with Gasteiger partial charge in [0.15, 0.2) is 5.65 Å². The number of aromatic nitrogens is 5. The fourth-order valence-corrected chi connectivity index (χ4v) is 4.75. The summed E-state index contributed by atoms with van der Waals surface area (Å²) in [6, 6.07) is 4.22. The molecule has 3 heterocycles. The third kappa shape index (κ3) is 5.17. The molecule has 3 aromatic rings. The number of nitrogens with one attached hydrogen (secondary N) is 1. The summed E-state index contributed by atoms with van der Waals surface area (Å²) >= 11 is 0. The molecule has 178 valence electrons. The van der Waals surface area contributed by atoms with Crippen LogP contribution in [0.1, 0.15) is 82.4 Å². The van der Waals surface area contributed by atoms with Gasteiger partial charge in [-0.25, -0.2) is 9.67 Å². The van der Waals surface area contributed by atoms with Crippen molar-refractivity contribution >= 4 is 11.0 Å². The first kappa shape index (κ1) is 23.6. The molecule has 0 unspecified atom stereocenters. The summed E-state index contributed by atoms with van der Waals surface area (Å²) in [7, 11) is 2.07. The Morgan fingerprint density at radius 3 is 2.58 bits per heavy atom. The van der Waals surface area contributed by atoms with E-state index in [1.807, 2.05) is 23.0 Å². The van der Waals surface area contributed by atoms with Crippen molar-refractivity contribution in [1.82, 2.24) is 29.6 Å². The van der Waals surface area contributed by atoms with Crippen LogP contribution < -0.4 is 5.56 Å². The summed E-state index contributed by atoms with van der Waals surface area (Å²) in [5, 5.41) is 15.2. The topological polar surface area (TPSA) is 99.9 Å². The van der Waals surface area contributed by atoms with Crippen LogP contribution in [-0.4, -0.2) is 48.3 Å². The number of aromatic amines is 1. The lowest BCUT2D eigenvalue weighted by Crippen LogP contribution is -2.29. The van der Waals surface area contributed by atoms with E-state index >= 15 is 0 Å². The lowest BCUT2D eigenvalue weighted by molar-refractivity contribution is 0.0738. The SMILES string of the molecule is CC(C)[C@@H](CN(C)Cc1ccc(C(C)(C)O)nc1)c1nc2c(cnn2C2CCCC2)c(=O)[nH]1. The molecule has 0 aliphatic heterocycles. The molecule has 0 spiro atoms. The molecular formula is C25H36N6O2. The molecule has 0 radical (unpaired) electrons. The first-order chi connectivity index (χ1) is 15.6. The summed E-state index contributed by atoms with van der Waals surface area (Å²) in [5.74, 6) is 1.10. The maximum absolute atomic E-state index is 12.9. The highest BCUT2D eigenvalue weighted by molar-refractivity contribution is 5.73. The summed E-state index contributed by atoms with van der Waals surface area (Å²) in [6.07, 6.45) is 8.07. The third-order valence-corrected chi connectivity index (χ3v) is 6.72. The molecule has 3 aromatic heterocycles. The van der Waals surface area contributed by atoms with Crippen molar-refractivity contribution in [2.75, 3.05) is 13.6 Å². The summed E-state index contributed by atoms with van der Waals surface area (Å²) < 4.78 is 1.97. The fourth-order valence-electron chi connectivity index (χ4n) is 4.75. The minimum Gasteiger partial charge on any atom is -0.384 e. The van der Waals surface area contributed by atoms with Gasteiger partial charge in [-0.3, -0.25) is 9.78 Å². The molecule has 8 heteroatoms. The molecule has 1 saturated carbocycles. The summed E-state index contributed by atoms with van der Waals surface area (Å²) in [6.45, 7) is 9.26. The van der Waals surface area contributed by atoms with Gasteiger partial charge in [0.05, 0.1) is 17.9 Å². The van der Waals surface area contributed by atoms with Crippen molar-refractivity contribution in [2.24, 2.45) is 5.92 Å². The van der Waals surface area contributed by atoms with Crippen molar-refractivity contribution in [3.8, 4) is 0 Å². The molecule has 1 atom stereocenters. The van der Waals surface area contributed by atoms with E-state index in [0.29, 0.717) is 28.7 Å². The highest BCUT2D eigenvalue weighted by Gasteiger charge is 2.25. The van der Waals surface area contributed by atoms with Gasteiger partial charge in [-0.15, -0.1) is 0 Å². The Morgan fingerprint density at radius 1 is 1.24 bits per heavy atom. The minimum atomic E-state index is -0.950. The smallest absolute Gasteiger partial charge is 0.262 e. The first-order valence-corrected chi connectivity index (χ1v) is 12.0. The molecule has 1 fully saturated rings. The predicted molar refractivity (Wildman–Crippen MR) is 129 cm³/mol. The van der Waals surface area contributed by atoms with Gasteiger partial charge in [0.1, 0.15) is 16.8 Å². The van der Waals surface area contributed by atoms with E-state index in [2.05, 4.69) is 40.9 Å². The van der Waals surface area contributed by atoms with Gasteiger partial charge in [0.2, 0.25) is 0 Å². The number of likely N-dealkylation sites (N-methyl/N-ethyl adjacent to an activating group) is 1. The monoisotopic (exact) mass is 452 g/mol. The maximum atomic E-state index is 12.9. The van der Waals surface area contributed by atoms with E-state index in [9.17, 15) is 9.90 Å². The van der Waals surface area contributed by atoms with Crippen LogP contribution >= 0.6 is 0 Å². The molecule has 1 aliphatic rings. The Balaban J connectivity index is 1.55. The predicted octanol–water partition coefficient (Wildman–Crippen LogP) is 3.73. The number of rotatable bonds is 8. The van der Waals surface area contributed by atoms with E-state index in [0.717, 1.165) is 37.3 Å². The van der Waals surface area contributed by atoms with Crippen LogP contribution in [0.4, 0.5) is 0 Å². The summed E-state index contributed by atoms with van der Waals surface area (Å²) in [4.78, 5) is 27.5. The zero-order valence-electron chi connectivity index (χ0n) is 20.4. The Labute approximate surface area is 195 Å². The van der Waals surface area contributed by atoms with Gasteiger partial charge in [-0.05, 0) is 51.3 Å². The molecule has 4 rings (SSSR count). The zero-order valence-corrected chi connectivity index (χ0v) is 20.4. The van der Waals surface area contributed by atoms with Crippen LogP contribution in [0.15, 0.2) is 29.3 Å². The first-order valence-electron chi connectivity index (χ1n) is 12.0. The van der Waals surface area contributed by atoms with Crippen molar-refractivity contribution in [2.45, 2.75) is 77.5 Å². The van der Waals surface area contributed by atoms with Gasteiger partial charge in [0, 0.05) is 25.2 Å². The molecule has 0 saturated heterocycles. The normalized spacial score (nSPS) is 16.4. The van der Waals surface area contributed by atoms with E-state index < -0.39 is 5.60 Å². The maximum Gasteiger partial charge on any atom is 0.262 e. The Hall–Kier alpha value is -2.58. The van der Waals surface area contributed by atoms with Gasteiger partial charge >= 0.3 is 0 Å². The number of aliphatic hydroxyl groups is 1. The number of fused-ring (bicyclic) bond motifs is 1. The number of hydrogen-bond donors (Lipinski definition) is 2. The van der Waals surface area contributed by atoms with Gasteiger partial charge in [0.25, 0.3) is 5.56 Å². The fraction of sp³-hybridized carbons (Fsp3) is 0.600. The van der Waals surface area contributed by atoms with Gasteiger partial charge in [-0.2, -0.15) is 5.10 Å². The zero-order chi connectivity index (χ0) is 23.8. The van der Waals surface area contributed by atoms with Crippen LogP contribution in [0.3, 0.4) is 0 Å². The lowest BCUT2D eigenvalue weighted by atomic mass is 9.94. The minimum absolute atomic E-state index is 0.0719. The van der Waals surface area contributed by atoms with Crippen LogP contribution in [0.2, 0.25) is 0 Å². The highest BCUT2D eigenvalue weighted by Crippen LogP contribution is 2.31. The third-order valence-electron chi connectivity index (χ3n) is 6.72. The molecular weight excluding hydrogens is 416 g/mol. The Bertz CT molecular complexity index is 1140. The number of hydrogen-bond acceptors (Lipinski definition) is 6. The van der Waals surface area contributed by atoms with Gasteiger partial charge in [-0.1, -0.05) is 32.8 Å². The van der Waals surface area contributed by atoms with Crippen molar-refractivity contribution in [3.63, 3.8) is 0 Å². The molecule has 1 aliphatic carbocycles. The molecule has 2 N–H and O–H groups in total. The Kier molecular flexibility index (Phi) is 6.68. The lowest BCUT2D eigenvalue weighted by Gasteiger charge is -2.26. The number of nitrogens with zero attached hydrogens (tertiary/aromatic N) is 5. The summed E-state index contributed by atoms with van der Waals surface area (Å²) in [5.41, 5.74) is 1.38. The molecule has 8 nitrogen and oxygen atoms in total. The van der Waals surface area contributed by atoms with Crippen LogP contribution in [0.25, 0.3) is 11.0 Å². The Morgan fingerprint density at radius 2 is 1.97 bits per heavy atom. The molecule has 0 aromatic carbocycles. The second-order valence-corrected chi connectivity index (χ2v) is 10.4. The highest BCUT2D eigenvalue weighted by atomic mass is 16.3. The number of pyridine rings is 1. The average molecular weight is 453 g/mol. The van der Waals surface area contributed by atoms with Crippen molar-refractivity contribution in [1.29, 1.82) is 0 Å². The van der Waals surface area contributed by atoms with Crippen molar-refractivity contribution in [3.05, 3.63) is 52.0 Å². The molecule has 0 amide bonds. The van der Waals surface area contributed by atoms with E-state index in [1.54, 1.807) is 20.0 Å². The second kappa shape index (κ2) is 9.35. The average Bonchev–Trinajstić information content (AvgIpc) is 3.41. The van der Waals surface area contributed by atoms with E-state index in [-0.39, 0.29) is 11.5 Å². The van der Waals surface area contributed by atoms with Crippen LogP contribution in [0.5, 0.6) is 0 Å². The molecule has 0 bridgehead atoms. The van der Waals surface area contributed by atoms with Crippen LogP contribution in [-0.2, 0) is 12.1 Å². The second-order valence-electron chi connectivity index (χ2n) is 10.4. The van der Waals surface area contributed by atoms with E-state index in [1.165, 1.54) is 12.8 Å². The number of H-pyrrole nitrogens is 1. The molecule has 33 heavy (non-hydrogen) atoms. The van der Waals surface area contributed by atoms with Crippen molar-refractivity contribution < 1.29 is 5.11 Å². The van der Waals surface area contributed by atoms with Crippen LogP contribution in [0, 0.1) is 5.92 Å². The standard InChI is InChI=1S/C25H36N6O2/c1-16(2)20(15-30(5)14-17-10-11-21(26-12-17)25(3,4)33)22-28-23-19(24(32)29-22)13-27-31(23)18-8-6-7-9-18/h10-13,16,18,20,33H,6-9,14-15H2,1-5H3,(H,28,29,32)/t20-/m1/s1. The van der Waals surface area contributed by atoms with Gasteiger partial charge < -0.3 is 15.0 Å².